The van der Waals surface area contributed by atoms with Gasteiger partial charge >= 0.3 is 5.69 Å². The summed E-state index contributed by atoms with van der Waals surface area (Å²) < 4.78 is 0. The highest BCUT2D eigenvalue weighted by atomic mass is 32.1. The van der Waals surface area contributed by atoms with Crippen LogP contribution >= 0.6 is 11.3 Å². The Hall–Kier alpha value is -3.77. The molecule has 1 fully saturated rings. The van der Waals surface area contributed by atoms with Gasteiger partial charge in [0.1, 0.15) is 16.2 Å². The number of carbonyl (C=O) groups excluding carboxylic acids is 2. The minimum Gasteiger partial charge on any atom is -0.399 e. The third-order valence-corrected chi connectivity index (χ3v) is 6.72. The largest absolute Gasteiger partial charge is 0.399 e. The molecule has 172 valence electrons. The second-order valence-electron chi connectivity index (χ2n) is 7.76. The van der Waals surface area contributed by atoms with Gasteiger partial charge in [-0.1, -0.05) is 0 Å². The van der Waals surface area contributed by atoms with Crippen LogP contribution in [0.4, 0.5) is 17.1 Å². The van der Waals surface area contributed by atoms with Crippen LogP contribution in [-0.4, -0.2) is 52.4 Å². The average molecular weight is 469 g/mol. The third-order valence-electron chi connectivity index (χ3n) is 5.83. The SMILES string of the molecule is CNC1(C(N)=O)CCN(c2ccc(N)cc2NC(=O)c2csc(-c3cnc(=O)[nH]c3)n2)CC1. The highest BCUT2D eigenvalue weighted by Crippen LogP contribution is 2.33. The Kier molecular flexibility index (Phi) is 6.11. The first kappa shape index (κ1) is 22.4. The number of nitrogens with zero attached hydrogens (tertiary/aromatic N) is 3. The smallest absolute Gasteiger partial charge is 0.344 e. The number of primary amides is 1. The number of piperidine rings is 1. The van der Waals surface area contributed by atoms with Crippen molar-refractivity contribution < 1.29 is 9.59 Å². The van der Waals surface area contributed by atoms with Gasteiger partial charge in [-0.25, -0.2) is 14.8 Å². The molecule has 0 spiro atoms. The Labute approximate surface area is 193 Å². The Bertz CT molecular complexity index is 1230. The van der Waals surface area contributed by atoms with Crippen LogP contribution in [0.15, 0.2) is 40.8 Å². The summed E-state index contributed by atoms with van der Waals surface area (Å²) in [5.74, 6) is -0.757. The molecule has 1 aliphatic heterocycles. The average Bonchev–Trinajstić information content (AvgIpc) is 3.30. The van der Waals surface area contributed by atoms with E-state index in [1.165, 1.54) is 23.7 Å². The molecule has 0 atom stereocenters. The number of anilines is 3. The first-order valence-corrected chi connectivity index (χ1v) is 11.1. The number of nitrogen functional groups attached to an aromatic ring is 1. The number of carbonyl (C=O) groups is 2. The minimum atomic E-state index is -0.735. The maximum absolute atomic E-state index is 12.9. The van der Waals surface area contributed by atoms with Crippen LogP contribution in [0.3, 0.4) is 0 Å². The van der Waals surface area contributed by atoms with Crippen molar-refractivity contribution >= 4 is 40.2 Å². The van der Waals surface area contributed by atoms with Gasteiger partial charge in [0, 0.05) is 42.1 Å². The van der Waals surface area contributed by atoms with E-state index in [9.17, 15) is 14.4 Å². The number of nitrogens with two attached hydrogens (primary N) is 2. The van der Waals surface area contributed by atoms with Crippen molar-refractivity contribution in [3.63, 3.8) is 0 Å². The van der Waals surface area contributed by atoms with Gasteiger partial charge in [-0.05, 0) is 38.1 Å². The van der Waals surface area contributed by atoms with Crippen LogP contribution in [0.1, 0.15) is 23.3 Å². The first-order chi connectivity index (χ1) is 15.8. The van der Waals surface area contributed by atoms with E-state index in [0.717, 1.165) is 5.69 Å². The van der Waals surface area contributed by atoms with Gasteiger partial charge in [-0.2, -0.15) is 0 Å². The summed E-state index contributed by atoms with van der Waals surface area (Å²) in [5.41, 5.74) is 13.1. The molecule has 1 aliphatic rings. The summed E-state index contributed by atoms with van der Waals surface area (Å²) in [6.07, 6.45) is 3.99. The summed E-state index contributed by atoms with van der Waals surface area (Å²) >= 11 is 1.27. The fraction of sp³-hybridized carbons (Fsp3) is 0.286. The molecule has 0 unspecified atom stereocenters. The van der Waals surface area contributed by atoms with Gasteiger partial charge in [0.15, 0.2) is 0 Å². The number of likely N-dealkylation sites (N-methyl/N-ethyl adjacent to an activating group) is 1. The van der Waals surface area contributed by atoms with E-state index < -0.39 is 11.2 Å². The van der Waals surface area contributed by atoms with E-state index in [2.05, 4.69) is 30.5 Å². The molecule has 0 radical (unpaired) electrons. The number of aromatic amines is 1. The molecule has 0 bridgehead atoms. The predicted octanol–water partition coefficient (Wildman–Crippen LogP) is 0.772. The number of amides is 2. The number of rotatable bonds is 6. The number of nitrogens with one attached hydrogen (secondary N) is 3. The highest BCUT2D eigenvalue weighted by Gasteiger charge is 2.38. The summed E-state index contributed by atoms with van der Waals surface area (Å²) in [6, 6.07) is 5.31. The zero-order chi connectivity index (χ0) is 23.6. The minimum absolute atomic E-state index is 0.233. The molecule has 11 nitrogen and oxygen atoms in total. The highest BCUT2D eigenvalue weighted by molar-refractivity contribution is 7.13. The van der Waals surface area contributed by atoms with E-state index in [-0.39, 0.29) is 17.5 Å². The maximum atomic E-state index is 12.9. The standard InChI is InChI=1S/C21H24N8O3S/c1-24-21(19(23)31)4-6-29(7-5-21)16-3-2-13(22)8-14(16)27-17(30)15-11-33-18(28-15)12-9-25-20(32)26-10-12/h2-3,8-11,24H,4-7,22H2,1H3,(H2,23,31)(H,27,30)(H,25,26,32). The van der Waals surface area contributed by atoms with Crippen LogP contribution in [0.25, 0.3) is 10.6 Å². The molecule has 4 rings (SSSR count). The zero-order valence-electron chi connectivity index (χ0n) is 17.9. The molecule has 3 heterocycles. The normalized spacial score (nSPS) is 15.2. The van der Waals surface area contributed by atoms with Gasteiger partial charge in [0.25, 0.3) is 5.91 Å². The Morgan fingerprint density at radius 2 is 2.03 bits per heavy atom. The van der Waals surface area contributed by atoms with Crippen molar-refractivity contribution in [3.8, 4) is 10.6 Å². The number of benzene rings is 1. The molecule has 1 aromatic carbocycles. The van der Waals surface area contributed by atoms with E-state index in [1.54, 1.807) is 24.6 Å². The molecule has 1 saturated heterocycles. The molecular formula is C21H24N8O3S. The van der Waals surface area contributed by atoms with Crippen molar-refractivity contribution in [2.24, 2.45) is 5.73 Å². The maximum Gasteiger partial charge on any atom is 0.344 e. The summed E-state index contributed by atoms with van der Waals surface area (Å²) in [5, 5.41) is 8.16. The number of aromatic nitrogens is 3. The molecular weight excluding hydrogens is 444 g/mol. The van der Waals surface area contributed by atoms with Crippen molar-refractivity contribution in [1.82, 2.24) is 20.3 Å². The number of H-pyrrole nitrogens is 1. The van der Waals surface area contributed by atoms with Crippen LogP contribution in [0, 0.1) is 0 Å². The summed E-state index contributed by atoms with van der Waals surface area (Å²) in [7, 11) is 1.74. The van der Waals surface area contributed by atoms with Crippen molar-refractivity contribution in [3.05, 3.63) is 52.2 Å². The van der Waals surface area contributed by atoms with Crippen molar-refractivity contribution in [2.75, 3.05) is 36.1 Å². The van der Waals surface area contributed by atoms with Crippen LogP contribution < -0.4 is 32.7 Å². The van der Waals surface area contributed by atoms with Crippen LogP contribution in [0.5, 0.6) is 0 Å². The molecule has 12 heteroatoms. The summed E-state index contributed by atoms with van der Waals surface area (Å²) in [4.78, 5) is 48.6. The van der Waals surface area contributed by atoms with E-state index >= 15 is 0 Å². The van der Waals surface area contributed by atoms with Gasteiger partial charge in [0.05, 0.1) is 11.4 Å². The third kappa shape index (κ3) is 4.56. The number of thiazole rings is 1. The fourth-order valence-corrected chi connectivity index (χ4v) is 4.62. The monoisotopic (exact) mass is 468 g/mol. The molecule has 0 aliphatic carbocycles. The predicted molar refractivity (Wildman–Crippen MR) is 127 cm³/mol. The number of hydrogen-bond donors (Lipinski definition) is 5. The first-order valence-electron chi connectivity index (χ1n) is 10.3. The molecule has 7 N–H and O–H groups in total. The topological polar surface area (TPSA) is 172 Å². The van der Waals surface area contributed by atoms with Gasteiger partial charge < -0.3 is 32.0 Å². The van der Waals surface area contributed by atoms with Crippen LogP contribution in [-0.2, 0) is 4.79 Å². The van der Waals surface area contributed by atoms with E-state index in [0.29, 0.717) is 47.9 Å². The molecule has 2 amide bonds. The van der Waals surface area contributed by atoms with Crippen LogP contribution in [0.2, 0.25) is 0 Å². The van der Waals surface area contributed by atoms with Crippen molar-refractivity contribution in [1.29, 1.82) is 0 Å². The lowest BCUT2D eigenvalue weighted by molar-refractivity contribution is -0.125. The van der Waals surface area contributed by atoms with E-state index in [4.69, 9.17) is 11.5 Å². The lowest BCUT2D eigenvalue weighted by atomic mass is 9.86. The molecule has 3 aromatic rings. The number of hydrogen-bond acceptors (Lipinski definition) is 9. The molecule has 0 saturated carbocycles. The summed E-state index contributed by atoms with van der Waals surface area (Å²) in [6.45, 7) is 1.16. The molecule has 33 heavy (non-hydrogen) atoms. The quantitative estimate of drug-likeness (QED) is 0.330. The van der Waals surface area contributed by atoms with Gasteiger partial charge in [0.2, 0.25) is 5.91 Å². The second-order valence-corrected chi connectivity index (χ2v) is 8.62. The lowest BCUT2D eigenvalue weighted by Gasteiger charge is -2.41. The van der Waals surface area contributed by atoms with E-state index in [1.807, 2.05) is 6.07 Å². The Morgan fingerprint density at radius 1 is 1.27 bits per heavy atom. The Morgan fingerprint density at radius 3 is 2.67 bits per heavy atom. The van der Waals surface area contributed by atoms with Gasteiger partial charge in [-0.3, -0.25) is 9.59 Å². The Balaban J connectivity index is 1.53. The zero-order valence-corrected chi connectivity index (χ0v) is 18.7. The van der Waals surface area contributed by atoms with Gasteiger partial charge in [-0.15, -0.1) is 11.3 Å². The second kappa shape index (κ2) is 9.00. The molecule has 2 aromatic heterocycles. The lowest BCUT2D eigenvalue weighted by Crippen LogP contribution is -2.59. The van der Waals surface area contributed by atoms with Crippen molar-refractivity contribution in [2.45, 2.75) is 18.4 Å². The fourth-order valence-electron chi connectivity index (χ4n) is 3.83.